The predicted octanol–water partition coefficient (Wildman–Crippen LogP) is 3.66. The monoisotopic (exact) mass is 303 g/mol. The average molecular weight is 303 g/mol. The van der Waals surface area contributed by atoms with Crippen molar-refractivity contribution in [2.75, 3.05) is 6.54 Å². The molecule has 0 atom stereocenters. The molecule has 1 heterocycles. The molecule has 4 heteroatoms. The molecule has 1 saturated carbocycles. The van der Waals surface area contributed by atoms with E-state index in [1.165, 1.54) is 11.6 Å². The van der Waals surface area contributed by atoms with Crippen LogP contribution in [0.3, 0.4) is 0 Å². The Morgan fingerprint density at radius 2 is 2.10 bits per heavy atom. The first-order valence-electron chi connectivity index (χ1n) is 7.22. The van der Waals surface area contributed by atoms with Crippen LogP contribution < -0.4 is 0 Å². The molecule has 0 unspecified atom stereocenters. The lowest BCUT2D eigenvalue weighted by atomic mass is 10.1. The maximum absolute atomic E-state index is 13.6. The summed E-state index contributed by atoms with van der Waals surface area (Å²) in [5, 5.41) is 4.18. The zero-order valence-electron chi connectivity index (χ0n) is 11.8. The number of hydrogen-bond acceptors (Lipinski definition) is 3. The number of hydrogen-bond donors (Lipinski definition) is 0. The second kappa shape index (κ2) is 6.50. The summed E-state index contributed by atoms with van der Waals surface area (Å²) in [4.78, 5) is 14.5. The van der Waals surface area contributed by atoms with Gasteiger partial charge in [-0.3, -0.25) is 9.69 Å². The lowest BCUT2D eigenvalue weighted by Crippen LogP contribution is -2.32. The van der Waals surface area contributed by atoms with Crippen LogP contribution in [0.15, 0.2) is 41.1 Å². The number of carbonyl (C=O) groups excluding carboxylic acids is 1. The molecule has 0 saturated heterocycles. The van der Waals surface area contributed by atoms with Gasteiger partial charge in [0, 0.05) is 19.0 Å². The molecule has 2 nitrogen and oxygen atoms in total. The molecule has 1 fully saturated rings. The first kappa shape index (κ1) is 14.4. The molecule has 21 heavy (non-hydrogen) atoms. The normalized spacial score (nSPS) is 14.6. The standard InChI is InChI=1S/C17H18FNOS/c18-17-4-2-1-3-14(17)9-16(20)11-19(15-5-6-15)10-13-7-8-21-12-13/h1-4,7-8,12,15H,5-6,9-11H2. The Hall–Kier alpha value is -1.52. The van der Waals surface area contributed by atoms with Crippen molar-refractivity contribution in [3.63, 3.8) is 0 Å². The number of Topliss-reactive ketones (excluding diaryl/α,β-unsaturated/α-hetero) is 1. The third-order valence-corrected chi connectivity index (χ3v) is 4.49. The van der Waals surface area contributed by atoms with Crippen LogP contribution in [0.4, 0.5) is 4.39 Å². The van der Waals surface area contributed by atoms with Crippen LogP contribution >= 0.6 is 11.3 Å². The quantitative estimate of drug-likeness (QED) is 0.778. The number of carbonyl (C=O) groups is 1. The van der Waals surface area contributed by atoms with E-state index in [9.17, 15) is 9.18 Å². The second-order valence-electron chi connectivity index (χ2n) is 5.57. The number of halogens is 1. The number of thiophene rings is 1. The van der Waals surface area contributed by atoms with Gasteiger partial charge in [-0.25, -0.2) is 4.39 Å². The third kappa shape index (κ3) is 3.99. The van der Waals surface area contributed by atoms with Gasteiger partial charge in [0.2, 0.25) is 0 Å². The van der Waals surface area contributed by atoms with Gasteiger partial charge >= 0.3 is 0 Å². The van der Waals surface area contributed by atoms with Gasteiger partial charge in [0.1, 0.15) is 5.82 Å². The molecule has 1 aliphatic rings. The van der Waals surface area contributed by atoms with Crippen LogP contribution in [0.2, 0.25) is 0 Å². The predicted molar refractivity (Wildman–Crippen MR) is 82.9 cm³/mol. The summed E-state index contributed by atoms with van der Waals surface area (Å²) in [7, 11) is 0. The van der Waals surface area contributed by atoms with E-state index in [2.05, 4.69) is 21.7 Å². The third-order valence-electron chi connectivity index (χ3n) is 3.75. The van der Waals surface area contributed by atoms with Crippen LogP contribution in [-0.2, 0) is 17.8 Å². The Morgan fingerprint density at radius 1 is 1.29 bits per heavy atom. The van der Waals surface area contributed by atoms with E-state index in [0.717, 1.165) is 19.4 Å². The molecular weight excluding hydrogens is 285 g/mol. The molecule has 1 aromatic heterocycles. The molecule has 0 bridgehead atoms. The molecule has 1 aliphatic carbocycles. The van der Waals surface area contributed by atoms with Gasteiger partial charge in [-0.1, -0.05) is 18.2 Å². The average Bonchev–Trinajstić information content (AvgIpc) is 3.19. The highest BCUT2D eigenvalue weighted by Gasteiger charge is 2.30. The summed E-state index contributed by atoms with van der Waals surface area (Å²) < 4.78 is 13.6. The molecule has 0 spiro atoms. The first-order chi connectivity index (χ1) is 10.2. The zero-order chi connectivity index (χ0) is 14.7. The Balaban J connectivity index is 1.60. The fourth-order valence-corrected chi connectivity index (χ4v) is 3.17. The van der Waals surface area contributed by atoms with Crippen LogP contribution in [-0.4, -0.2) is 23.3 Å². The number of nitrogens with zero attached hydrogens (tertiary/aromatic N) is 1. The van der Waals surface area contributed by atoms with Crippen LogP contribution in [0.25, 0.3) is 0 Å². The van der Waals surface area contributed by atoms with Crippen molar-refractivity contribution in [1.82, 2.24) is 4.90 Å². The van der Waals surface area contributed by atoms with E-state index in [4.69, 9.17) is 0 Å². The number of benzene rings is 1. The van der Waals surface area contributed by atoms with Crippen LogP contribution in [0, 0.1) is 5.82 Å². The topological polar surface area (TPSA) is 20.3 Å². The van der Waals surface area contributed by atoms with E-state index in [1.54, 1.807) is 29.5 Å². The molecular formula is C17H18FNOS. The van der Waals surface area contributed by atoms with Gasteiger partial charge in [-0.15, -0.1) is 0 Å². The molecule has 0 aliphatic heterocycles. The van der Waals surface area contributed by atoms with E-state index in [0.29, 0.717) is 18.2 Å². The Kier molecular flexibility index (Phi) is 4.46. The highest BCUT2D eigenvalue weighted by molar-refractivity contribution is 7.07. The fraction of sp³-hybridized carbons (Fsp3) is 0.353. The zero-order valence-corrected chi connectivity index (χ0v) is 12.6. The maximum atomic E-state index is 13.6. The largest absolute Gasteiger partial charge is 0.298 e. The minimum atomic E-state index is -0.290. The van der Waals surface area contributed by atoms with Gasteiger partial charge < -0.3 is 0 Å². The lowest BCUT2D eigenvalue weighted by Gasteiger charge is -2.20. The highest BCUT2D eigenvalue weighted by Crippen LogP contribution is 2.28. The molecule has 110 valence electrons. The van der Waals surface area contributed by atoms with Crippen molar-refractivity contribution in [2.45, 2.75) is 31.8 Å². The van der Waals surface area contributed by atoms with Crippen molar-refractivity contribution >= 4 is 17.1 Å². The van der Waals surface area contributed by atoms with Crippen molar-refractivity contribution < 1.29 is 9.18 Å². The summed E-state index contributed by atoms with van der Waals surface area (Å²) in [5.41, 5.74) is 1.75. The van der Waals surface area contributed by atoms with Gasteiger partial charge in [-0.2, -0.15) is 11.3 Å². The molecule has 0 N–H and O–H groups in total. The second-order valence-corrected chi connectivity index (χ2v) is 6.35. The minimum absolute atomic E-state index is 0.0854. The summed E-state index contributed by atoms with van der Waals surface area (Å²) >= 11 is 1.68. The summed E-state index contributed by atoms with van der Waals surface area (Å²) in [6.07, 6.45) is 2.51. The van der Waals surface area contributed by atoms with Crippen LogP contribution in [0.1, 0.15) is 24.0 Å². The van der Waals surface area contributed by atoms with Crippen molar-refractivity contribution in [3.8, 4) is 0 Å². The van der Waals surface area contributed by atoms with E-state index in [1.807, 2.05) is 0 Å². The lowest BCUT2D eigenvalue weighted by molar-refractivity contribution is -0.119. The van der Waals surface area contributed by atoms with E-state index in [-0.39, 0.29) is 18.0 Å². The molecule has 0 amide bonds. The maximum Gasteiger partial charge on any atom is 0.151 e. The van der Waals surface area contributed by atoms with Crippen LogP contribution in [0.5, 0.6) is 0 Å². The Labute approximate surface area is 128 Å². The summed E-state index contributed by atoms with van der Waals surface area (Å²) in [6, 6.07) is 9.14. The number of rotatable bonds is 7. The minimum Gasteiger partial charge on any atom is -0.298 e. The van der Waals surface area contributed by atoms with Crippen molar-refractivity contribution in [1.29, 1.82) is 0 Å². The summed E-state index contributed by atoms with van der Waals surface area (Å²) in [5.74, 6) is -0.205. The SMILES string of the molecule is O=C(Cc1ccccc1F)CN(Cc1ccsc1)C1CC1. The highest BCUT2D eigenvalue weighted by atomic mass is 32.1. The van der Waals surface area contributed by atoms with Crippen molar-refractivity contribution in [2.24, 2.45) is 0 Å². The first-order valence-corrected chi connectivity index (χ1v) is 8.17. The van der Waals surface area contributed by atoms with Crippen molar-refractivity contribution in [3.05, 3.63) is 58.0 Å². The van der Waals surface area contributed by atoms with Gasteiger partial charge in [0.15, 0.2) is 5.78 Å². The van der Waals surface area contributed by atoms with Gasteiger partial charge in [0.05, 0.1) is 6.54 Å². The van der Waals surface area contributed by atoms with E-state index >= 15 is 0 Å². The van der Waals surface area contributed by atoms with E-state index < -0.39 is 0 Å². The fourth-order valence-electron chi connectivity index (χ4n) is 2.51. The number of ketones is 1. The Morgan fingerprint density at radius 3 is 2.76 bits per heavy atom. The molecule has 0 radical (unpaired) electrons. The summed E-state index contributed by atoms with van der Waals surface area (Å²) in [6.45, 7) is 1.23. The van der Waals surface area contributed by atoms with Gasteiger partial charge in [0.25, 0.3) is 0 Å². The Bertz CT molecular complexity index is 607. The smallest absolute Gasteiger partial charge is 0.151 e. The molecule has 3 rings (SSSR count). The molecule has 2 aromatic rings. The molecule has 1 aromatic carbocycles. The van der Waals surface area contributed by atoms with Gasteiger partial charge in [-0.05, 0) is 46.9 Å².